The van der Waals surface area contributed by atoms with Crippen molar-refractivity contribution >= 4 is 18.2 Å². The van der Waals surface area contributed by atoms with E-state index in [0.717, 1.165) is 0 Å². The van der Waals surface area contributed by atoms with Crippen LogP contribution in [0.2, 0.25) is 0 Å². The molecule has 0 aromatic heterocycles. The normalized spacial score (nSPS) is 23.3. The summed E-state index contributed by atoms with van der Waals surface area (Å²) in [6.07, 6.45) is -5.44. The molecule has 202 valence electrons. The van der Waals surface area contributed by atoms with Gasteiger partial charge in [0, 0.05) is 0 Å². The van der Waals surface area contributed by atoms with E-state index in [1.54, 1.807) is 65.8 Å². The quantitative estimate of drug-likeness (QED) is 0.475. The van der Waals surface area contributed by atoms with Crippen LogP contribution in [0.15, 0.2) is 24.3 Å². The van der Waals surface area contributed by atoms with Gasteiger partial charge in [-0.05, 0) is 72.7 Å². The standard InChI is InChI=1S/C25H37NO10/c1-15-20(27)19(34-17-11-9-16(31-8)10-12-17)14-32-13-18(21(28)33-15)26(22(29)35-24(2,3)4)23(30)36-25(5,6)7/h9-12,15,18-20,27H,13-14H2,1-8H3/t15-,18-,19-,20-/m0/s1. The number of benzene rings is 1. The first-order valence-electron chi connectivity index (χ1n) is 11.6. The van der Waals surface area contributed by atoms with Gasteiger partial charge in [-0.3, -0.25) is 0 Å². The molecule has 1 fully saturated rings. The zero-order chi connectivity index (χ0) is 27.3. The third-order valence-corrected chi connectivity index (χ3v) is 4.83. The van der Waals surface area contributed by atoms with Crippen LogP contribution >= 0.6 is 0 Å². The monoisotopic (exact) mass is 511 g/mol. The minimum Gasteiger partial charge on any atom is -0.497 e. The summed E-state index contributed by atoms with van der Waals surface area (Å²) in [5.41, 5.74) is -1.91. The maximum atomic E-state index is 13.1. The van der Waals surface area contributed by atoms with E-state index in [4.69, 9.17) is 28.4 Å². The SMILES string of the molecule is COc1ccc(O[C@H]2COC[C@H](N(C(=O)OC(C)(C)C)C(=O)OC(C)(C)C)C(=O)O[C@@H](C)[C@@H]2O)cc1. The van der Waals surface area contributed by atoms with Crippen LogP contribution in [0, 0.1) is 0 Å². The Kier molecular flexibility index (Phi) is 9.56. The minimum absolute atomic E-state index is 0.166. The van der Waals surface area contributed by atoms with Crippen molar-refractivity contribution in [2.75, 3.05) is 20.3 Å². The summed E-state index contributed by atoms with van der Waals surface area (Å²) in [4.78, 5) is 39.6. The van der Waals surface area contributed by atoms with Gasteiger partial charge < -0.3 is 33.5 Å². The van der Waals surface area contributed by atoms with E-state index in [2.05, 4.69) is 0 Å². The van der Waals surface area contributed by atoms with Crippen LogP contribution in [0.25, 0.3) is 0 Å². The molecule has 0 aliphatic carbocycles. The molecule has 0 radical (unpaired) electrons. The maximum Gasteiger partial charge on any atom is 0.420 e. The average Bonchev–Trinajstić information content (AvgIpc) is 2.78. The van der Waals surface area contributed by atoms with Gasteiger partial charge in [0.2, 0.25) is 0 Å². The van der Waals surface area contributed by atoms with E-state index < -0.39 is 60.3 Å². The number of ether oxygens (including phenoxy) is 6. The van der Waals surface area contributed by atoms with Gasteiger partial charge in [-0.15, -0.1) is 0 Å². The molecule has 36 heavy (non-hydrogen) atoms. The van der Waals surface area contributed by atoms with Crippen LogP contribution < -0.4 is 9.47 Å². The minimum atomic E-state index is -1.52. The average molecular weight is 512 g/mol. The van der Waals surface area contributed by atoms with Crippen LogP contribution in [0.5, 0.6) is 11.5 Å². The molecule has 1 aromatic carbocycles. The Labute approximate surface area is 211 Å². The number of cyclic esters (lactones) is 1. The number of imide groups is 1. The molecule has 1 aliphatic rings. The van der Waals surface area contributed by atoms with E-state index in [1.165, 1.54) is 14.0 Å². The molecular formula is C25H37NO10. The number of aliphatic hydroxyl groups excluding tert-OH is 1. The lowest BCUT2D eigenvalue weighted by atomic mass is 10.1. The molecule has 1 aliphatic heterocycles. The molecule has 2 rings (SSSR count). The van der Waals surface area contributed by atoms with Crippen LogP contribution in [-0.2, 0) is 23.7 Å². The number of amides is 2. The summed E-state index contributed by atoms with van der Waals surface area (Å²) >= 11 is 0. The van der Waals surface area contributed by atoms with E-state index in [0.29, 0.717) is 16.4 Å². The zero-order valence-electron chi connectivity index (χ0n) is 22.1. The number of hydrogen-bond donors (Lipinski definition) is 1. The van der Waals surface area contributed by atoms with Gasteiger partial charge in [0.1, 0.15) is 34.9 Å². The topological polar surface area (TPSA) is 130 Å². The first-order valence-corrected chi connectivity index (χ1v) is 11.6. The molecule has 1 heterocycles. The summed E-state index contributed by atoms with van der Waals surface area (Å²) in [6, 6.07) is 5.17. The fourth-order valence-electron chi connectivity index (χ4n) is 3.16. The van der Waals surface area contributed by atoms with Gasteiger partial charge in [-0.2, -0.15) is 4.90 Å². The number of rotatable bonds is 4. The largest absolute Gasteiger partial charge is 0.497 e. The fourth-order valence-corrected chi connectivity index (χ4v) is 3.16. The summed E-state index contributed by atoms with van der Waals surface area (Å²) < 4.78 is 32.8. The third kappa shape index (κ3) is 8.56. The van der Waals surface area contributed by atoms with Gasteiger partial charge in [0.05, 0.1) is 20.3 Å². The van der Waals surface area contributed by atoms with Gasteiger partial charge >= 0.3 is 18.2 Å². The Morgan fingerprint density at radius 2 is 1.44 bits per heavy atom. The molecule has 1 N–H and O–H groups in total. The number of hydrogen-bond acceptors (Lipinski definition) is 10. The number of esters is 1. The predicted octanol–water partition coefficient (Wildman–Crippen LogP) is 3.31. The Morgan fingerprint density at radius 1 is 0.944 bits per heavy atom. The van der Waals surface area contributed by atoms with Crippen LogP contribution in [0.3, 0.4) is 0 Å². The van der Waals surface area contributed by atoms with Crippen molar-refractivity contribution in [3.05, 3.63) is 24.3 Å². The number of carbonyl (C=O) groups excluding carboxylic acids is 3. The smallest absolute Gasteiger partial charge is 0.420 e. The second-order valence-electron chi connectivity index (χ2n) is 10.3. The first kappa shape index (κ1) is 29.2. The van der Waals surface area contributed by atoms with Gasteiger partial charge in [-0.25, -0.2) is 14.4 Å². The fraction of sp³-hybridized carbons (Fsp3) is 0.640. The second kappa shape index (κ2) is 11.8. The Balaban J connectivity index is 2.29. The molecule has 0 spiro atoms. The highest BCUT2D eigenvalue weighted by atomic mass is 16.6. The highest BCUT2D eigenvalue weighted by Gasteiger charge is 2.44. The molecule has 1 aromatic rings. The number of carbonyl (C=O) groups is 3. The molecular weight excluding hydrogens is 474 g/mol. The molecule has 4 atom stereocenters. The Hall–Kier alpha value is -3.05. The van der Waals surface area contributed by atoms with Crippen LogP contribution in [-0.4, -0.2) is 84.0 Å². The molecule has 2 amide bonds. The number of methoxy groups -OCH3 is 1. The first-order chi connectivity index (χ1) is 16.6. The Bertz CT molecular complexity index is 875. The van der Waals surface area contributed by atoms with Crippen molar-refractivity contribution < 1.29 is 47.9 Å². The van der Waals surface area contributed by atoms with Crippen LogP contribution in [0.4, 0.5) is 9.59 Å². The van der Waals surface area contributed by atoms with E-state index in [-0.39, 0.29) is 6.61 Å². The molecule has 0 unspecified atom stereocenters. The van der Waals surface area contributed by atoms with Gasteiger partial charge in [-0.1, -0.05) is 0 Å². The van der Waals surface area contributed by atoms with Crippen molar-refractivity contribution in [1.29, 1.82) is 0 Å². The van der Waals surface area contributed by atoms with Crippen molar-refractivity contribution in [2.24, 2.45) is 0 Å². The third-order valence-electron chi connectivity index (χ3n) is 4.83. The summed E-state index contributed by atoms with van der Waals surface area (Å²) in [6.45, 7) is 10.6. The lowest BCUT2D eigenvalue weighted by Gasteiger charge is -2.32. The van der Waals surface area contributed by atoms with Crippen molar-refractivity contribution in [2.45, 2.75) is 84.0 Å². The van der Waals surface area contributed by atoms with Crippen molar-refractivity contribution in [3.63, 3.8) is 0 Å². The van der Waals surface area contributed by atoms with Gasteiger partial charge in [0.15, 0.2) is 12.1 Å². The number of aliphatic hydroxyl groups is 1. The van der Waals surface area contributed by atoms with Crippen molar-refractivity contribution in [3.8, 4) is 11.5 Å². The van der Waals surface area contributed by atoms with E-state index in [9.17, 15) is 19.5 Å². The highest BCUT2D eigenvalue weighted by Crippen LogP contribution is 2.23. The predicted molar refractivity (Wildman–Crippen MR) is 128 cm³/mol. The van der Waals surface area contributed by atoms with E-state index >= 15 is 0 Å². The maximum absolute atomic E-state index is 13.1. The number of nitrogens with zero attached hydrogens (tertiary/aromatic N) is 1. The lowest BCUT2D eigenvalue weighted by Crippen LogP contribution is -2.54. The summed E-state index contributed by atoms with van der Waals surface area (Å²) in [5.74, 6) is 0.0911. The zero-order valence-corrected chi connectivity index (χ0v) is 22.1. The molecule has 1 saturated heterocycles. The van der Waals surface area contributed by atoms with E-state index in [1.807, 2.05) is 0 Å². The highest BCUT2D eigenvalue weighted by molar-refractivity contribution is 5.94. The summed E-state index contributed by atoms with van der Waals surface area (Å²) in [5, 5.41) is 10.8. The van der Waals surface area contributed by atoms with Crippen molar-refractivity contribution in [1.82, 2.24) is 4.90 Å². The summed E-state index contributed by atoms with van der Waals surface area (Å²) in [7, 11) is 1.54. The second-order valence-corrected chi connectivity index (χ2v) is 10.3. The van der Waals surface area contributed by atoms with Gasteiger partial charge in [0.25, 0.3) is 0 Å². The Morgan fingerprint density at radius 3 is 1.92 bits per heavy atom. The molecule has 0 bridgehead atoms. The molecule has 11 heteroatoms. The molecule has 11 nitrogen and oxygen atoms in total. The lowest BCUT2D eigenvalue weighted by molar-refractivity contribution is -0.161. The van der Waals surface area contributed by atoms with Crippen LogP contribution in [0.1, 0.15) is 48.5 Å². The molecule has 0 saturated carbocycles.